The van der Waals surface area contributed by atoms with Gasteiger partial charge >= 0.3 is 0 Å². The molecule has 5 rings (SSSR count). The van der Waals surface area contributed by atoms with E-state index in [0.717, 1.165) is 15.0 Å². The van der Waals surface area contributed by atoms with Crippen LogP contribution in [0.4, 0.5) is 5.13 Å². The first-order valence-corrected chi connectivity index (χ1v) is 8.79. The number of rotatable bonds is 1. The third-order valence-electron chi connectivity index (χ3n) is 4.30. The highest BCUT2D eigenvalue weighted by Gasteiger charge is 2.35. The van der Waals surface area contributed by atoms with Crippen molar-refractivity contribution in [3.8, 4) is 0 Å². The molecule has 0 unspecified atom stereocenters. The zero-order valence-corrected chi connectivity index (χ0v) is 14.3. The summed E-state index contributed by atoms with van der Waals surface area (Å²) in [4.78, 5) is 31.6. The number of thiazole rings is 1. The Morgan fingerprint density at radius 1 is 0.920 bits per heavy atom. The maximum absolute atomic E-state index is 13.0. The molecule has 0 N–H and O–H groups in total. The number of fused-ring (bicyclic) bond motifs is 1. The topological polar surface area (TPSA) is 50.3 Å². The van der Waals surface area contributed by atoms with Crippen LogP contribution in [-0.2, 0) is 0 Å². The largest absolute Gasteiger partial charge is 0.268 e. The summed E-state index contributed by atoms with van der Waals surface area (Å²) in [6, 6.07) is 16.3. The van der Waals surface area contributed by atoms with Crippen LogP contribution < -0.4 is 4.90 Å². The zero-order valence-electron chi connectivity index (χ0n) is 12.7. The van der Waals surface area contributed by atoms with Gasteiger partial charge in [0.2, 0.25) is 5.13 Å². The average molecular weight is 365 g/mol. The molecule has 0 radical (unpaired) electrons. The normalized spacial score (nSPS) is 13.9. The lowest BCUT2D eigenvalue weighted by Crippen LogP contribution is -2.40. The summed E-state index contributed by atoms with van der Waals surface area (Å²) in [7, 11) is 0. The predicted octanol–water partition coefficient (Wildman–Crippen LogP) is 4.90. The second-order valence-electron chi connectivity index (χ2n) is 5.76. The van der Waals surface area contributed by atoms with E-state index in [9.17, 15) is 9.59 Å². The van der Waals surface area contributed by atoms with E-state index in [-0.39, 0.29) is 11.8 Å². The lowest BCUT2D eigenvalue weighted by Gasteiger charge is -2.24. The Labute approximate surface area is 151 Å². The minimum absolute atomic E-state index is 0.348. The minimum atomic E-state index is -0.348. The van der Waals surface area contributed by atoms with Crippen molar-refractivity contribution in [2.24, 2.45) is 0 Å². The first-order valence-electron chi connectivity index (χ1n) is 7.60. The number of hydrogen-bond acceptors (Lipinski definition) is 4. The number of amides is 2. The molecule has 2 amide bonds. The molecular formula is C19H9ClN2O2S. The fraction of sp³-hybridized carbons (Fsp3) is 0. The fourth-order valence-electron chi connectivity index (χ4n) is 3.19. The van der Waals surface area contributed by atoms with Gasteiger partial charge in [-0.1, -0.05) is 47.2 Å². The molecule has 0 aliphatic carbocycles. The Kier molecular flexibility index (Phi) is 2.98. The van der Waals surface area contributed by atoms with E-state index in [1.807, 2.05) is 24.3 Å². The SMILES string of the molecule is O=C1c2cccc3cccc(c23)C(=O)N1c1nc2ccc(Cl)cc2s1. The molecule has 1 aliphatic heterocycles. The second-order valence-corrected chi connectivity index (χ2v) is 7.21. The molecule has 25 heavy (non-hydrogen) atoms. The van der Waals surface area contributed by atoms with Crippen LogP contribution in [-0.4, -0.2) is 16.8 Å². The average Bonchev–Trinajstić information content (AvgIpc) is 3.02. The number of halogens is 1. The summed E-state index contributed by atoms with van der Waals surface area (Å²) < 4.78 is 0.833. The van der Waals surface area contributed by atoms with Gasteiger partial charge in [0.15, 0.2) is 0 Å². The van der Waals surface area contributed by atoms with Gasteiger partial charge < -0.3 is 0 Å². The quantitative estimate of drug-likeness (QED) is 0.451. The molecule has 2 heterocycles. The van der Waals surface area contributed by atoms with Gasteiger partial charge in [-0.2, -0.15) is 0 Å². The minimum Gasteiger partial charge on any atom is -0.268 e. The van der Waals surface area contributed by atoms with Crippen LogP contribution in [0.15, 0.2) is 54.6 Å². The Bertz CT molecular complexity index is 1160. The molecule has 6 heteroatoms. The van der Waals surface area contributed by atoms with Gasteiger partial charge in [-0.25, -0.2) is 9.88 Å². The smallest absolute Gasteiger partial charge is 0.267 e. The monoisotopic (exact) mass is 364 g/mol. The van der Waals surface area contributed by atoms with Crippen LogP contribution in [0.1, 0.15) is 20.7 Å². The Hall–Kier alpha value is -2.76. The van der Waals surface area contributed by atoms with Crippen LogP contribution in [0.3, 0.4) is 0 Å². The van der Waals surface area contributed by atoms with Gasteiger partial charge in [0.05, 0.1) is 10.2 Å². The van der Waals surface area contributed by atoms with Crippen molar-refractivity contribution in [3.63, 3.8) is 0 Å². The maximum atomic E-state index is 13.0. The number of anilines is 1. The Morgan fingerprint density at radius 3 is 2.28 bits per heavy atom. The maximum Gasteiger partial charge on any atom is 0.267 e. The molecule has 4 aromatic rings. The highest BCUT2D eigenvalue weighted by Crippen LogP contribution is 2.36. The van der Waals surface area contributed by atoms with Crippen molar-refractivity contribution in [2.75, 3.05) is 4.90 Å². The first kappa shape index (κ1) is 14.6. The van der Waals surface area contributed by atoms with Crippen molar-refractivity contribution in [3.05, 3.63) is 70.7 Å². The number of benzene rings is 3. The Balaban J connectivity index is 1.75. The number of carbonyl (C=O) groups excluding carboxylic acids is 2. The standard InChI is InChI=1S/C19H9ClN2O2S/c20-11-7-8-14-15(9-11)25-19(21-14)22-17(23)12-5-1-3-10-4-2-6-13(16(10)12)18(22)24/h1-9H. The molecule has 4 nitrogen and oxygen atoms in total. The van der Waals surface area contributed by atoms with Crippen LogP contribution in [0.5, 0.6) is 0 Å². The summed E-state index contributed by atoms with van der Waals surface area (Å²) in [6.07, 6.45) is 0. The molecule has 3 aromatic carbocycles. The highest BCUT2D eigenvalue weighted by molar-refractivity contribution is 7.22. The third-order valence-corrected chi connectivity index (χ3v) is 5.54. The first-order chi connectivity index (χ1) is 12.1. The van der Waals surface area contributed by atoms with Gasteiger partial charge in [0.1, 0.15) is 0 Å². The van der Waals surface area contributed by atoms with Crippen molar-refractivity contribution >= 4 is 60.9 Å². The summed E-state index contributed by atoms with van der Waals surface area (Å²) in [5.74, 6) is -0.695. The number of carbonyl (C=O) groups is 2. The second kappa shape index (κ2) is 5.12. The predicted molar refractivity (Wildman–Crippen MR) is 99.7 cm³/mol. The van der Waals surface area contributed by atoms with Gasteiger partial charge in [-0.15, -0.1) is 0 Å². The zero-order chi connectivity index (χ0) is 17.1. The molecule has 0 spiro atoms. The van der Waals surface area contributed by atoms with Crippen molar-refractivity contribution in [1.82, 2.24) is 4.98 Å². The molecule has 1 aromatic heterocycles. The van der Waals surface area contributed by atoms with E-state index in [4.69, 9.17) is 11.6 Å². The lowest BCUT2D eigenvalue weighted by atomic mass is 9.94. The van der Waals surface area contributed by atoms with Crippen molar-refractivity contribution < 1.29 is 9.59 Å². The highest BCUT2D eigenvalue weighted by atomic mass is 35.5. The van der Waals surface area contributed by atoms with Crippen LogP contribution in [0.25, 0.3) is 21.0 Å². The van der Waals surface area contributed by atoms with E-state index in [1.165, 1.54) is 11.3 Å². The van der Waals surface area contributed by atoms with Crippen molar-refractivity contribution in [1.29, 1.82) is 0 Å². The van der Waals surface area contributed by atoms with Gasteiger partial charge in [-0.3, -0.25) is 9.59 Å². The summed E-state index contributed by atoms with van der Waals surface area (Å²) in [5.41, 5.74) is 1.75. The van der Waals surface area contributed by atoms with E-state index in [1.54, 1.807) is 30.3 Å². The molecular weight excluding hydrogens is 356 g/mol. The molecule has 0 fully saturated rings. The molecule has 0 saturated carbocycles. The Morgan fingerprint density at radius 2 is 1.60 bits per heavy atom. The van der Waals surface area contributed by atoms with E-state index < -0.39 is 0 Å². The summed E-state index contributed by atoms with van der Waals surface area (Å²) in [5, 5.41) is 2.54. The number of hydrogen-bond donors (Lipinski definition) is 0. The summed E-state index contributed by atoms with van der Waals surface area (Å²) in [6.45, 7) is 0. The summed E-state index contributed by atoms with van der Waals surface area (Å²) >= 11 is 7.30. The van der Waals surface area contributed by atoms with Crippen LogP contribution >= 0.6 is 22.9 Å². The molecule has 0 atom stereocenters. The number of nitrogens with zero attached hydrogens (tertiary/aromatic N) is 2. The van der Waals surface area contributed by atoms with Crippen LogP contribution in [0.2, 0.25) is 5.02 Å². The van der Waals surface area contributed by atoms with Gasteiger partial charge in [-0.05, 0) is 35.7 Å². The lowest BCUT2D eigenvalue weighted by molar-refractivity contribution is 0.0893. The fourth-order valence-corrected chi connectivity index (χ4v) is 4.42. The molecule has 1 aliphatic rings. The number of imide groups is 1. The number of aromatic nitrogens is 1. The van der Waals surface area contributed by atoms with Crippen molar-refractivity contribution in [2.45, 2.75) is 0 Å². The van der Waals surface area contributed by atoms with Gasteiger partial charge in [0, 0.05) is 21.5 Å². The van der Waals surface area contributed by atoms with E-state index >= 15 is 0 Å². The van der Waals surface area contributed by atoms with E-state index in [0.29, 0.717) is 32.2 Å². The third kappa shape index (κ3) is 2.03. The molecule has 0 bridgehead atoms. The van der Waals surface area contributed by atoms with Crippen LogP contribution in [0, 0.1) is 0 Å². The van der Waals surface area contributed by atoms with E-state index in [2.05, 4.69) is 4.98 Å². The molecule has 0 saturated heterocycles. The molecule has 120 valence electrons. The van der Waals surface area contributed by atoms with Gasteiger partial charge in [0.25, 0.3) is 11.8 Å².